The van der Waals surface area contributed by atoms with E-state index in [0.29, 0.717) is 0 Å². The fourth-order valence-corrected chi connectivity index (χ4v) is 4.34. The van der Waals surface area contributed by atoms with Crippen LogP contribution < -0.4 is 10.2 Å². The minimum absolute atomic E-state index is 0.826. The molecule has 1 aromatic rings. The van der Waals surface area contributed by atoms with Crippen LogP contribution in [0.5, 0.6) is 0 Å². The summed E-state index contributed by atoms with van der Waals surface area (Å²) in [4.78, 5) is 3.51. The molecule has 0 aromatic heterocycles. The van der Waals surface area contributed by atoms with Crippen LogP contribution in [0.3, 0.4) is 0 Å². The molecule has 0 aliphatic rings. The zero-order valence-corrected chi connectivity index (χ0v) is 9.90. The third kappa shape index (κ3) is 2.67. The maximum Gasteiger partial charge on any atom is 0.143 e. The molecule has 1 rings (SSSR count). The van der Waals surface area contributed by atoms with Crippen molar-refractivity contribution >= 4 is 14.1 Å². The number of hydrogen-bond donors (Lipinski definition) is 1. The monoisotopic (exact) mass is 193 g/mol. The van der Waals surface area contributed by atoms with Gasteiger partial charge < -0.3 is 4.98 Å². The summed E-state index contributed by atoms with van der Waals surface area (Å²) in [6.07, 6.45) is 1.27. The molecule has 0 aliphatic heterocycles. The van der Waals surface area contributed by atoms with Crippen molar-refractivity contribution in [2.45, 2.75) is 25.8 Å². The lowest BCUT2D eigenvalue weighted by atomic mass is 10.4. The van der Waals surface area contributed by atoms with Crippen molar-refractivity contribution in [2.75, 3.05) is 7.05 Å². The highest BCUT2D eigenvalue weighted by molar-refractivity contribution is 6.72. The fourth-order valence-electron chi connectivity index (χ4n) is 1.68. The van der Waals surface area contributed by atoms with E-state index in [2.05, 4.69) is 56.2 Å². The van der Waals surface area contributed by atoms with Gasteiger partial charge in [-0.2, -0.15) is 0 Å². The van der Waals surface area contributed by atoms with Gasteiger partial charge in [0.25, 0.3) is 0 Å². The zero-order chi connectivity index (χ0) is 9.68. The fraction of sp³-hybridized carbons (Fsp3) is 0.455. The van der Waals surface area contributed by atoms with Gasteiger partial charge in [-0.1, -0.05) is 50.6 Å². The highest BCUT2D eigenvalue weighted by Crippen LogP contribution is 2.11. The molecule has 0 radical (unpaired) electrons. The van der Waals surface area contributed by atoms with E-state index in [-0.39, 0.29) is 0 Å². The van der Waals surface area contributed by atoms with E-state index < -0.39 is 8.96 Å². The van der Waals surface area contributed by atoms with E-state index in [1.165, 1.54) is 11.6 Å². The molecule has 1 aromatic carbocycles. The molecule has 1 nitrogen and oxygen atoms in total. The second kappa shape index (κ2) is 5.20. The Kier molecular flexibility index (Phi) is 4.19. The maximum absolute atomic E-state index is 3.51. The first-order valence-corrected chi connectivity index (χ1v) is 6.84. The van der Waals surface area contributed by atoms with Gasteiger partial charge in [-0.25, -0.2) is 0 Å². The van der Waals surface area contributed by atoms with Crippen molar-refractivity contribution in [1.29, 1.82) is 0 Å². The van der Waals surface area contributed by atoms with E-state index in [0.717, 1.165) is 5.54 Å². The second-order valence-corrected chi connectivity index (χ2v) is 6.90. The summed E-state index contributed by atoms with van der Waals surface area (Å²) in [7, 11) is 1.18. The lowest BCUT2D eigenvalue weighted by molar-refractivity contribution is 0.843. The molecule has 0 amide bonds. The Morgan fingerprint density at radius 3 is 2.38 bits per heavy atom. The molecule has 0 fully saturated rings. The minimum atomic E-state index is -0.915. The van der Waals surface area contributed by atoms with Gasteiger partial charge in [0.2, 0.25) is 0 Å². The smallest absolute Gasteiger partial charge is 0.143 e. The van der Waals surface area contributed by atoms with Crippen LogP contribution >= 0.6 is 0 Å². The van der Waals surface area contributed by atoms with E-state index in [4.69, 9.17) is 0 Å². The number of nitrogens with one attached hydrogen (secondary N) is 1. The van der Waals surface area contributed by atoms with Crippen LogP contribution in [0.2, 0.25) is 5.54 Å². The normalized spacial score (nSPS) is 15.3. The predicted molar refractivity (Wildman–Crippen MR) is 62.0 cm³/mol. The van der Waals surface area contributed by atoms with E-state index in [1.807, 2.05) is 0 Å². The number of benzene rings is 1. The molecule has 0 saturated heterocycles. The molecule has 0 bridgehead atoms. The average molecular weight is 193 g/mol. The largest absolute Gasteiger partial charge is 0.339 e. The standard InChI is InChI=1S/C11H19NSi/c1-4-10(2)13(12-3)11-8-6-5-7-9-11/h5-10,12-13H,4H2,1-3H3. The summed E-state index contributed by atoms with van der Waals surface area (Å²) in [5, 5.41) is 1.53. The molecule has 2 atom stereocenters. The Hall–Kier alpha value is -0.603. The Morgan fingerprint density at radius 2 is 1.92 bits per heavy atom. The lowest BCUT2D eigenvalue weighted by Gasteiger charge is -2.20. The van der Waals surface area contributed by atoms with Crippen LogP contribution in [0.15, 0.2) is 30.3 Å². The van der Waals surface area contributed by atoms with Crippen molar-refractivity contribution in [2.24, 2.45) is 0 Å². The number of hydrogen-bond acceptors (Lipinski definition) is 1. The first kappa shape index (κ1) is 10.5. The third-order valence-electron chi connectivity index (χ3n) is 2.68. The SMILES string of the molecule is CCC(C)[SiH](NC)c1ccccc1. The zero-order valence-electron chi connectivity index (χ0n) is 8.75. The highest BCUT2D eigenvalue weighted by Gasteiger charge is 2.17. The Bertz CT molecular complexity index is 235. The third-order valence-corrected chi connectivity index (χ3v) is 6.02. The molecule has 0 heterocycles. The first-order valence-electron chi connectivity index (χ1n) is 5.01. The highest BCUT2D eigenvalue weighted by atomic mass is 28.3. The van der Waals surface area contributed by atoms with Crippen LogP contribution in [0.1, 0.15) is 20.3 Å². The topological polar surface area (TPSA) is 12.0 Å². The molecule has 0 saturated carbocycles. The van der Waals surface area contributed by atoms with Crippen molar-refractivity contribution in [3.8, 4) is 0 Å². The quantitative estimate of drug-likeness (QED) is 0.717. The van der Waals surface area contributed by atoms with E-state index in [9.17, 15) is 0 Å². The molecular formula is C11H19NSi. The summed E-state index contributed by atoms with van der Waals surface area (Å²) in [5.41, 5.74) is 0.826. The summed E-state index contributed by atoms with van der Waals surface area (Å²) < 4.78 is 0. The van der Waals surface area contributed by atoms with Crippen molar-refractivity contribution in [3.63, 3.8) is 0 Å². The van der Waals surface area contributed by atoms with Crippen LogP contribution in [0.25, 0.3) is 0 Å². The van der Waals surface area contributed by atoms with Gasteiger partial charge in [-0.3, -0.25) is 0 Å². The molecule has 2 unspecified atom stereocenters. The van der Waals surface area contributed by atoms with Crippen molar-refractivity contribution in [1.82, 2.24) is 4.98 Å². The van der Waals surface area contributed by atoms with E-state index in [1.54, 1.807) is 0 Å². The van der Waals surface area contributed by atoms with Crippen molar-refractivity contribution in [3.05, 3.63) is 30.3 Å². The van der Waals surface area contributed by atoms with E-state index >= 15 is 0 Å². The van der Waals surface area contributed by atoms with Crippen LogP contribution in [-0.2, 0) is 0 Å². The summed E-state index contributed by atoms with van der Waals surface area (Å²) in [6.45, 7) is 4.62. The second-order valence-electron chi connectivity index (χ2n) is 3.56. The average Bonchev–Trinajstić information content (AvgIpc) is 2.20. The van der Waals surface area contributed by atoms with Gasteiger partial charge in [0.1, 0.15) is 8.96 Å². The summed E-state index contributed by atoms with van der Waals surface area (Å²) in [5.74, 6) is 0. The molecule has 0 spiro atoms. The summed E-state index contributed by atoms with van der Waals surface area (Å²) >= 11 is 0. The minimum Gasteiger partial charge on any atom is -0.339 e. The van der Waals surface area contributed by atoms with Crippen LogP contribution in [0.4, 0.5) is 0 Å². The molecule has 72 valence electrons. The van der Waals surface area contributed by atoms with Crippen LogP contribution in [-0.4, -0.2) is 16.0 Å². The van der Waals surface area contributed by atoms with Gasteiger partial charge >= 0.3 is 0 Å². The van der Waals surface area contributed by atoms with Gasteiger partial charge in [-0.05, 0) is 17.8 Å². The maximum atomic E-state index is 3.51. The van der Waals surface area contributed by atoms with Crippen molar-refractivity contribution < 1.29 is 0 Å². The molecule has 0 aliphatic carbocycles. The Morgan fingerprint density at radius 1 is 1.31 bits per heavy atom. The lowest BCUT2D eigenvalue weighted by Crippen LogP contribution is -2.45. The van der Waals surface area contributed by atoms with Gasteiger partial charge in [0, 0.05) is 0 Å². The summed E-state index contributed by atoms with van der Waals surface area (Å²) in [6, 6.07) is 10.9. The predicted octanol–water partition coefficient (Wildman–Crippen LogP) is 1.64. The molecular weight excluding hydrogens is 174 g/mol. The Labute approximate surface area is 82.9 Å². The Balaban J connectivity index is 2.78. The number of rotatable bonds is 4. The molecule has 1 N–H and O–H groups in total. The molecule has 13 heavy (non-hydrogen) atoms. The van der Waals surface area contributed by atoms with Gasteiger partial charge in [-0.15, -0.1) is 0 Å². The molecule has 2 heteroatoms. The van der Waals surface area contributed by atoms with Gasteiger partial charge in [0.05, 0.1) is 0 Å². The van der Waals surface area contributed by atoms with Crippen LogP contribution in [0, 0.1) is 0 Å². The van der Waals surface area contributed by atoms with Gasteiger partial charge in [0.15, 0.2) is 0 Å². The first-order chi connectivity index (χ1) is 6.29.